The molecule has 1 saturated heterocycles. The highest BCUT2D eigenvalue weighted by molar-refractivity contribution is 5.92. The molecule has 2 aromatic heterocycles. The van der Waals surface area contributed by atoms with Crippen LogP contribution in [0.4, 0.5) is 10.1 Å². The lowest BCUT2D eigenvalue weighted by atomic mass is 10.1. The molecule has 180 valence electrons. The molecular weight excluding hydrogens is 439 g/mol. The fraction of sp³-hybridized carbons (Fsp3) is 0.417. The predicted octanol–water partition coefficient (Wildman–Crippen LogP) is 1.62. The molecule has 3 heterocycles. The monoisotopic (exact) mass is 468 g/mol. The summed E-state index contributed by atoms with van der Waals surface area (Å²) in [5.41, 5.74) is 1.44. The zero-order valence-corrected chi connectivity index (χ0v) is 19.8. The molecule has 1 amide bonds. The second-order valence-corrected chi connectivity index (χ2v) is 8.60. The molecule has 4 rings (SSSR count). The molecule has 0 saturated carbocycles. The number of anilines is 1. The summed E-state index contributed by atoms with van der Waals surface area (Å²) in [7, 11) is 1.57. The fourth-order valence-corrected chi connectivity index (χ4v) is 4.63. The van der Waals surface area contributed by atoms with E-state index in [2.05, 4.69) is 32.0 Å². The molecular formula is C24H29FN6O3. The first kappa shape index (κ1) is 23.6. The number of nitrogens with one attached hydrogen (secondary N) is 2. The Kier molecular flexibility index (Phi) is 6.52. The Morgan fingerprint density at radius 2 is 2.00 bits per heavy atom. The number of nitrogens with zero attached hydrogens (tertiary/aromatic N) is 4. The van der Waals surface area contributed by atoms with Gasteiger partial charge in [0.15, 0.2) is 5.82 Å². The molecule has 1 aliphatic heterocycles. The first-order valence-corrected chi connectivity index (χ1v) is 11.4. The molecule has 10 heteroatoms. The second-order valence-electron chi connectivity index (χ2n) is 8.60. The lowest BCUT2D eigenvalue weighted by molar-refractivity contribution is 0.0958. The number of piperazine rings is 1. The summed E-state index contributed by atoms with van der Waals surface area (Å²) in [5.74, 6) is -0.783. The van der Waals surface area contributed by atoms with Gasteiger partial charge in [0.1, 0.15) is 5.69 Å². The molecule has 0 bridgehead atoms. The molecule has 1 fully saturated rings. The van der Waals surface area contributed by atoms with E-state index in [0.717, 1.165) is 22.5 Å². The minimum Gasteiger partial charge on any atom is -0.365 e. The number of benzene rings is 1. The smallest absolute Gasteiger partial charge is 0.328 e. The number of H-pyrrole nitrogens is 1. The first-order chi connectivity index (χ1) is 16.2. The number of carbonyl (C=O) groups is 1. The van der Waals surface area contributed by atoms with Crippen molar-refractivity contribution in [2.45, 2.75) is 39.9 Å². The normalized spacial score (nSPS) is 16.7. The van der Waals surface area contributed by atoms with E-state index in [1.165, 1.54) is 0 Å². The first-order valence-electron chi connectivity index (χ1n) is 11.4. The predicted molar refractivity (Wildman–Crippen MR) is 129 cm³/mol. The standard InChI is InChI=1S/C24H29FN6O3/c1-5-30-23(33)17-7-6-16(20(25)21(17)28-24(30)34)13-29-10-11-31(14(2)12-29)19-9-8-18(22(32)26-4)27-15(19)3/h6-9,14H,5,10-13H2,1-4H3,(H,26,32)(H,28,34). The van der Waals surface area contributed by atoms with Crippen LogP contribution in [-0.2, 0) is 13.1 Å². The summed E-state index contributed by atoms with van der Waals surface area (Å²) in [5, 5.41) is 2.75. The van der Waals surface area contributed by atoms with Crippen molar-refractivity contribution in [3.05, 3.63) is 67.9 Å². The number of fused-ring (bicyclic) bond motifs is 1. The largest absolute Gasteiger partial charge is 0.365 e. The van der Waals surface area contributed by atoms with E-state index in [9.17, 15) is 14.4 Å². The van der Waals surface area contributed by atoms with Gasteiger partial charge in [0.25, 0.3) is 11.5 Å². The van der Waals surface area contributed by atoms with Gasteiger partial charge in [-0.25, -0.2) is 14.2 Å². The summed E-state index contributed by atoms with van der Waals surface area (Å²) < 4.78 is 16.3. The Morgan fingerprint density at radius 3 is 2.65 bits per heavy atom. The van der Waals surface area contributed by atoms with E-state index in [0.29, 0.717) is 30.9 Å². The Bertz CT molecular complexity index is 1370. The van der Waals surface area contributed by atoms with Crippen molar-refractivity contribution in [3.8, 4) is 0 Å². The van der Waals surface area contributed by atoms with Crippen molar-refractivity contribution >= 4 is 22.5 Å². The molecule has 1 aliphatic rings. The van der Waals surface area contributed by atoms with Gasteiger partial charge in [-0.05, 0) is 39.0 Å². The second kappa shape index (κ2) is 9.38. The Balaban J connectivity index is 1.52. The number of carbonyl (C=O) groups excluding carboxylic acids is 1. The van der Waals surface area contributed by atoms with E-state index in [1.807, 2.05) is 13.0 Å². The molecule has 3 aromatic rings. The zero-order valence-electron chi connectivity index (χ0n) is 19.8. The van der Waals surface area contributed by atoms with Crippen LogP contribution in [0.2, 0.25) is 0 Å². The van der Waals surface area contributed by atoms with E-state index >= 15 is 4.39 Å². The number of hydrogen-bond acceptors (Lipinski definition) is 6. The highest BCUT2D eigenvalue weighted by Gasteiger charge is 2.26. The minimum absolute atomic E-state index is 0.0400. The summed E-state index contributed by atoms with van der Waals surface area (Å²) >= 11 is 0. The van der Waals surface area contributed by atoms with E-state index in [-0.39, 0.29) is 29.4 Å². The van der Waals surface area contributed by atoms with Gasteiger partial charge in [-0.15, -0.1) is 0 Å². The third kappa shape index (κ3) is 4.21. The van der Waals surface area contributed by atoms with Gasteiger partial charge in [0.05, 0.1) is 22.3 Å². The van der Waals surface area contributed by atoms with Gasteiger partial charge >= 0.3 is 5.69 Å². The zero-order chi connectivity index (χ0) is 24.6. The average Bonchev–Trinajstić information content (AvgIpc) is 2.81. The summed E-state index contributed by atoms with van der Waals surface area (Å²) in [4.78, 5) is 47.8. The number of rotatable bonds is 5. The lowest BCUT2D eigenvalue weighted by Gasteiger charge is -2.41. The molecule has 1 atom stereocenters. The third-order valence-corrected chi connectivity index (χ3v) is 6.42. The molecule has 34 heavy (non-hydrogen) atoms. The van der Waals surface area contributed by atoms with Gasteiger partial charge < -0.3 is 15.2 Å². The number of pyridine rings is 1. The van der Waals surface area contributed by atoms with E-state index in [1.54, 1.807) is 32.2 Å². The van der Waals surface area contributed by atoms with Crippen LogP contribution in [-0.4, -0.2) is 58.1 Å². The lowest BCUT2D eigenvalue weighted by Crippen LogP contribution is -2.52. The van der Waals surface area contributed by atoms with Crippen molar-refractivity contribution in [3.63, 3.8) is 0 Å². The maximum atomic E-state index is 15.2. The van der Waals surface area contributed by atoms with Crippen LogP contribution >= 0.6 is 0 Å². The summed E-state index contributed by atoms with van der Waals surface area (Å²) in [6.07, 6.45) is 0. The molecule has 9 nitrogen and oxygen atoms in total. The van der Waals surface area contributed by atoms with Crippen molar-refractivity contribution in [1.29, 1.82) is 0 Å². The molecule has 0 aliphatic carbocycles. The van der Waals surface area contributed by atoms with Crippen LogP contribution < -0.4 is 21.5 Å². The topological polar surface area (TPSA) is 103 Å². The summed E-state index contributed by atoms with van der Waals surface area (Å²) in [6.45, 7) is 8.38. The van der Waals surface area contributed by atoms with Crippen LogP contribution in [0.1, 0.15) is 35.6 Å². The maximum Gasteiger partial charge on any atom is 0.328 e. The number of aromatic nitrogens is 3. The number of hydrogen-bond donors (Lipinski definition) is 2. The Hall–Kier alpha value is -3.53. The maximum absolute atomic E-state index is 15.2. The van der Waals surface area contributed by atoms with Crippen molar-refractivity contribution in [1.82, 2.24) is 24.8 Å². The molecule has 1 unspecified atom stereocenters. The van der Waals surface area contributed by atoms with Crippen LogP contribution in [0.15, 0.2) is 33.9 Å². The molecule has 1 aromatic carbocycles. The van der Waals surface area contributed by atoms with Crippen molar-refractivity contribution in [2.75, 3.05) is 31.6 Å². The Morgan fingerprint density at radius 1 is 1.24 bits per heavy atom. The van der Waals surface area contributed by atoms with Gasteiger partial charge in [-0.1, -0.05) is 6.07 Å². The minimum atomic E-state index is -0.607. The van der Waals surface area contributed by atoms with Crippen LogP contribution in [0.25, 0.3) is 10.9 Å². The van der Waals surface area contributed by atoms with E-state index in [4.69, 9.17) is 0 Å². The van der Waals surface area contributed by atoms with Gasteiger partial charge in [0, 0.05) is 51.4 Å². The highest BCUT2D eigenvalue weighted by Crippen LogP contribution is 2.25. The van der Waals surface area contributed by atoms with Crippen molar-refractivity contribution in [2.24, 2.45) is 0 Å². The van der Waals surface area contributed by atoms with Gasteiger partial charge in [-0.2, -0.15) is 0 Å². The third-order valence-electron chi connectivity index (χ3n) is 6.42. The number of aryl methyl sites for hydroxylation is 1. The highest BCUT2D eigenvalue weighted by atomic mass is 19.1. The number of amides is 1. The molecule has 0 spiro atoms. The SMILES string of the molecule is CCn1c(=O)[nH]c2c(F)c(CN3CCN(c4ccc(C(=O)NC)nc4C)C(C)C3)ccc2c1=O. The van der Waals surface area contributed by atoms with Gasteiger partial charge in [-0.3, -0.25) is 19.1 Å². The summed E-state index contributed by atoms with van der Waals surface area (Å²) in [6, 6.07) is 6.99. The van der Waals surface area contributed by atoms with E-state index < -0.39 is 17.1 Å². The number of halogens is 1. The van der Waals surface area contributed by atoms with Gasteiger partial charge in [0.2, 0.25) is 0 Å². The average molecular weight is 469 g/mol. The van der Waals surface area contributed by atoms with Crippen LogP contribution in [0.5, 0.6) is 0 Å². The van der Waals surface area contributed by atoms with Crippen LogP contribution in [0.3, 0.4) is 0 Å². The number of aromatic amines is 1. The molecule has 0 radical (unpaired) electrons. The molecule has 2 N–H and O–H groups in total. The quantitative estimate of drug-likeness (QED) is 0.590. The Labute approximate surface area is 196 Å². The van der Waals surface area contributed by atoms with Crippen LogP contribution in [0, 0.1) is 12.7 Å². The van der Waals surface area contributed by atoms with Crippen molar-refractivity contribution < 1.29 is 9.18 Å². The fourth-order valence-electron chi connectivity index (χ4n) is 4.63.